The van der Waals surface area contributed by atoms with Crippen molar-refractivity contribution >= 4 is 17.6 Å². The van der Waals surface area contributed by atoms with E-state index in [1.807, 2.05) is 39.8 Å². The smallest absolute Gasteiger partial charge is 0.317 e. The van der Waals surface area contributed by atoms with Gasteiger partial charge in [0.2, 0.25) is 5.91 Å². The molecule has 2 unspecified atom stereocenters. The second-order valence-electron chi connectivity index (χ2n) is 6.97. The summed E-state index contributed by atoms with van der Waals surface area (Å²) in [6.45, 7) is 8.64. The minimum absolute atomic E-state index is 0.00314. The molecule has 25 heavy (non-hydrogen) atoms. The predicted molar refractivity (Wildman–Crippen MR) is 98.9 cm³/mol. The van der Waals surface area contributed by atoms with Gasteiger partial charge in [0.15, 0.2) is 0 Å². The maximum Gasteiger partial charge on any atom is 0.317 e. The average molecular weight is 347 g/mol. The Bertz CT molecular complexity index is 616. The van der Waals surface area contributed by atoms with Crippen LogP contribution in [0.2, 0.25) is 0 Å². The van der Waals surface area contributed by atoms with E-state index in [4.69, 9.17) is 4.74 Å². The minimum atomic E-state index is -0.268. The van der Waals surface area contributed by atoms with Gasteiger partial charge in [-0.1, -0.05) is 17.7 Å². The summed E-state index contributed by atoms with van der Waals surface area (Å²) in [5.41, 5.74) is 4.01. The van der Waals surface area contributed by atoms with E-state index in [-0.39, 0.29) is 30.6 Å². The highest BCUT2D eigenvalue weighted by atomic mass is 16.5. The van der Waals surface area contributed by atoms with Gasteiger partial charge in [0.25, 0.3) is 0 Å². The zero-order valence-electron chi connectivity index (χ0n) is 15.8. The number of likely N-dealkylation sites (N-methyl/N-ethyl adjacent to an activating group) is 1. The molecule has 0 saturated carbocycles. The third-order valence-electron chi connectivity index (χ3n) is 4.54. The van der Waals surface area contributed by atoms with Crippen molar-refractivity contribution in [2.75, 3.05) is 25.5 Å². The van der Waals surface area contributed by atoms with Crippen LogP contribution < -0.4 is 10.6 Å². The van der Waals surface area contributed by atoms with Crippen LogP contribution in [-0.2, 0) is 9.53 Å². The van der Waals surface area contributed by atoms with Crippen molar-refractivity contribution in [2.24, 2.45) is 0 Å². The number of amides is 3. The molecule has 138 valence electrons. The molecule has 1 fully saturated rings. The summed E-state index contributed by atoms with van der Waals surface area (Å²) in [5.74, 6) is -0.211. The van der Waals surface area contributed by atoms with Crippen LogP contribution in [0.4, 0.5) is 10.5 Å². The van der Waals surface area contributed by atoms with Crippen molar-refractivity contribution in [1.29, 1.82) is 0 Å². The van der Waals surface area contributed by atoms with E-state index >= 15 is 0 Å². The van der Waals surface area contributed by atoms with E-state index in [0.29, 0.717) is 0 Å². The molecule has 0 radical (unpaired) electrons. The van der Waals surface area contributed by atoms with E-state index in [9.17, 15) is 9.59 Å². The molecule has 1 heterocycles. The summed E-state index contributed by atoms with van der Waals surface area (Å²) in [7, 11) is 1.62. The van der Waals surface area contributed by atoms with Crippen LogP contribution >= 0.6 is 0 Å². The highest BCUT2D eigenvalue weighted by Crippen LogP contribution is 2.21. The van der Waals surface area contributed by atoms with Gasteiger partial charge < -0.3 is 20.3 Å². The van der Waals surface area contributed by atoms with E-state index in [2.05, 4.69) is 10.6 Å². The topological polar surface area (TPSA) is 70.7 Å². The van der Waals surface area contributed by atoms with Crippen molar-refractivity contribution in [1.82, 2.24) is 10.2 Å². The fourth-order valence-electron chi connectivity index (χ4n) is 3.24. The lowest BCUT2D eigenvalue weighted by Crippen LogP contribution is -2.48. The maximum absolute atomic E-state index is 12.3. The summed E-state index contributed by atoms with van der Waals surface area (Å²) in [6.07, 6.45) is 2.04. The van der Waals surface area contributed by atoms with Gasteiger partial charge >= 0.3 is 6.03 Å². The van der Waals surface area contributed by atoms with Crippen LogP contribution in [0.25, 0.3) is 0 Å². The lowest BCUT2D eigenvalue weighted by Gasteiger charge is -2.24. The fraction of sp³-hybridized carbons (Fsp3) is 0.579. The average Bonchev–Trinajstić information content (AvgIpc) is 3.05. The second-order valence-corrected chi connectivity index (χ2v) is 6.97. The molecule has 1 aromatic rings. The van der Waals surface area contributed by atoms with Crippen LogP contribution in [0.1, 0.15) is 36.5 Å². The SMILES string of the molecule is Cc1cc(C)c(NC(=O)CN(C)C(=O)NC(C)C2CCCO2)c(C)c1. The standard InChI is InChI=1S/C19H29N3O3/c1-12-9-13(2)18(14(3)10-12)21-17(23)11-22(5)19(24)20-15(4)16-7-6-8-25-16/h9-10,15-16H,6-8,11H2,1-5H3,(H,20,24)(H,21,23). The zero-order valence-corrected chi connectivity index (χ0v) is 15.8. The molecule has 6 nitrogen and oxygen atoms in total. The first-order valence-electron chi connectivity index (χ1n) is 8.79. The normalized spacial score (nSPS) is 17.9. The Hall–Kier alpha value is -2.08. The van der Waals surface area contributed by atoms with Crippen LogP contribution in [-0.4, -0.2) is 49.2 Å². The minimum Gasteiger partial charge on any atom is -0.376 e. The van der Waals surface area contributed by atoms with E-state index in [0.717, 1.165) is 41.8 Å². The van der Waals surface area contributed by atoms with Crippen molar-refractivity contribution in [2.45, 2.75) is 52.7 Å². The maximum atomic E-state index is 12.3. The Morgan fingerprint density at radius 3 is 2.48 bits per heavy atom. The molecular formula is C19H29N3O3. The molecule has 2 N–H and O–H groups in total. The molecule has 2 atom stereocenters. The van der Waals surface area contributed by atoms with Crippen LogP contribution in [0, 0.1) is 20.8 Å². The largest absolute Gasteiger partial charge is 0.376 e. The summed E-state index contributed by atoms with van der Waals surface area (Å²) >= 11 is 0. The number of benzene rings is 1. The number of carbonyl (C=O) groups is 2. The molecule has 6 heteroatoms. The number of rotatable bonds is 5. The number of hydrogen-bond acceptors (Lipinski definition) is 3. The molecule has 3 amide bonds. The second kappa shape index (κ2) is 8.34. The number of anilines is 1. The van der Waals surface area contributed by atoms with E-state index in [1.54, 1.807) is 7.05 Å². The Morgan fingerprint density at radius 2 is 1.92 bits per heavy atom. The summed E-state index contributed by atoms with van der Waals surface area (Å²) in [6, 6.07) is 3.72. The van der Waals surface area contributed by atoms with E-state index < -0.39 is 0 Å². The zero-order chi connectivity index (χ0) is 18.6. The number of urea groups is 1. The van der Waals surface area contributed by atoms with Gasteiger partial charge in [0.05, 0.1) is 12.1 Å². The Labute approximate surface area is 149 Å². The van der Waals surface area contributed by atoms with Crippen LogP contribution in [0.15, 0.2) is 12.1 Å². The molecule has 0 bridgehead atoms. The van der Waals surface area contributed by atoms with Crippen molar-refractivity contribution in [3.05, 3.63) is 28.8 Å². The van der Waals surface area contributed by atoms with Gasteiger partial charge in [0.1, 0.15) is 6.54 Å². The number of nitrogens with one attached hydrogen (secondary N) is 2. The van der Waals surface area contributed by atoms with Crippen molar-refractivity contribution < 1.29 is 14.3 Å². The number of hydrogen-bond donors (Lipinski definition) is 2. The first kappa shape index (κ1) is 19.2. The first-order chi connectivity index (χ1) is 11.8. The lowest BCUT2D eigenvalue weighted by atomic mass is 10.1. The molecule has 0 spiro atoms. The fourth-order valence-corrected chi connectivity index (χ4v) is 3.24. The number of aryl methyl sites for hydroxylation is 3. The van der Waals surface area contributed by atoms with Crippen LogP contribution in [0.3, 0.4) is 0 Å². The van der Waals surface area contributed by atoms with Crippen molar-refractivity contribution in [3.8, 4) is 0 Å². The molecule has 0 aromatic heterocycles. The van der Waals surface area contributed by atoms with Gasteiger partial charge in [-0.05, 0) is 51.7 Å². The quantitative estimate of drug-likeness (QED) is 0.860. The van der Waals surface area contributed by atoms with Crippen molar-refractivity contribution in [3.63, 3.8) is 0 Å². The number of nitrogens with zero attached hydrogens (tertiary/aromatic N) is 1. The third-order valence-corrected chi connectivity index (χ3v) is 4.54. The summed E-state index contributed by atoms with van der Waals surface area (Å²) in [5, 5.41) is 5.82. The van der Waals surface area contributed by atoms with Gasteiger partial charge in [-0.3, -0.25) is 4.79 Å². The number of ether oxygens (including phenoxy) is 1. The third kappa shape index (κ3) is 5.19. The molecular weight excluding hydrogens is 318 g/mol. The monoisotopic (exact) mass is 347 g/mol. The van der Waals surface area contributed by atoms with Crippen LogP contribution in [0.5, 0.6) is 0 Å². The molecule has 1 aromatic carbocycles. The highest BCUT2D eigenvalue weighted by molar-refractivity contribution is 5.95. The Balaban J connectivity index is 1.88. The molecule has 1 aliphatic heterocycles. The predicted octanol–water partition coefficient (Wildman–Crippen LogP) is 2.76. The highest BCUT2D eigenvalue weighted by Gasteiger charge is 2.25. The first-order valence-corrected chi connectivity index (χ1v) is 8.79. The van der Waals surface area contributed by atoms with Gasteiger partial charge in [-0.15, -0.1) is 0 Å². The summed E-state index contributed by atoms with van der Waals surface area (Å²) < 4.78 is 5.58. The van der Waals surface area contributed by atoms with Gasteiger partial charge in [0, 0.05) is 19.3 Å². The summed E-state index contributed by atoms with van der Waals surface area (Å²) in [4.78, 5) is 25.9. The van der Waals surface area contributed by atoms with Gasteiger partial charge in [-0.2, -0.15) is 0 Å². The van der Waals surface area contributed by atoms with Gasteiger partial charge in [-0.25, -0.2) is 4.79 Å². The molecule has 1 aliphatic rings. The lowest BCUT2D eigenvalue weighted by molar-refractivity contribution is -0.116. The number of carbonyl (C=O) groups excluding carboxylic acids is 2. The Kier molecular flexibility index (Phi) is 6.42. The molecule has 0 aliphatic carbocycles. The Morgan fingerprint density at radius 1 is 1.28 bits per heavy atom. The van der Waals surface area contributed by atoms with E-state index in [1.165, 1.54) is 4.90 Å². The molecule has 1 saturated heterocycles. The molecule has 2 rings (SSSR count).